The number of nitrogens with one attached hydrogen (secondary N) is 1. The summed E-state index contributed by atoms with van der Waals surface area (Å²) in [6, 6.07) is 7.90. The molecule has 0 unspecified atom stereocenters. The number of nitrogens with zero attached hydrogens (tertiary/aromatic N) is 3. The number of carbonyl (C=O) groups excluding carboxylic acids is 1. The summed E-state index contributed by atoms with van der Waals surface area (Å²) in [5.74, 6) is 1.24. The Labute approximate surface area is 144 Å². The zero-order chi connectivity index (χ0) is 17.8. The van der Waals surface area contributed by atoms with Crippen molar-refractivity contribution in [3.05, 3.63) is 54.4 Å². The van der Waals surface area contributed by atoms with Gasteiger partial charge in [-0.15, -0.1) is 0 Å². The number of hydrogen-bond donors (Lipinski definition) is 1. The zero-order valence-electron chi connectivity index (χ0n) is 14.1. The van der Waals surface area contributed by atoms with Gasteiger partial charge in [-0.3, -0.25) is 4.79 Å². The number of rotatable bonds is 6. The number of hydrogen-bond acceptors (Lipinski definition) is 4. The van der Waals surface area contributed by atoms with Crippen LogP contribution in [0.2, 0.25) is 0 Å². The number of carbonyl (C=O) groups is 1. The maximum absolute atomic E-state index is 13.0. The van der Waals surface area contributed by atoms with E-state index >= 15 is 0 Å². The molecule has 7 heteroatoms. The maximum atomic E-state index is 13.0. The van der Waals surface area contributed by atoms with Crippen LogP contribution in [-0.4, -0.2) is 20.7 Å². The van der Waals surface area contributed by atoms with Gasteiger partial charge in [-0.25, -0.2) is 14.1 Å². The molecule has 0 atom stereocenters. The SMILES string of the molecule is CC(C)n1nccc1NC(=O)CCc1ncc(-c2ccc(F)cc2)o1. The molecule has 2 heterocycles. The largest absolute Gasteiger partial charge is 0.441 e. The summed E-state index contributed by atoms with van der Waals surface area (Å²) in [4.78, 5) is 16.3. The summed E-state index contributed by atoms with van der Waals surface area (Å²) in [5.41, 5.74) is 0.741. The minimum Gasteiger partial charge on any atom is -0.441 e. The Balaban J connectivity index is 1.57. The van der Waals surface area contributed by atoms with E-state index in [0.717, 1.165) is 5.56 Å². The van der Waals surface area contributed by atoms with Crippen molar-refractivity contribution in [3.63, 3.8) is 0 Å². The minimum absolute atomic E-state index is 0.135. The van der Waals surface area contributed by atoms with Crippen LogP contribution in [0.25, 0.3) is 11.3 Å². The monoisotopic (exact) mass is 342 g/mol. The molecule has 0 aliphatic rings. The fourth-order valence-corrected chi connectivity index (χ4v) is 2.42. The number of amides is 1. The van der Waals surface area contributed by atoms with Gasteiger partial charge in [0.05, 0.1) is 12.4 Å². The molecule has 0 fully saturated rings. The fourth-order valence-electron chi connectivity index (χ4n) is 2.42. The summed E-state index contributed by atoms with van der Waals surface area (Å²) in [6.07, 6.45) is 3.85. The highest BCUT2D eigenvalue weighted by molar-refractivity contribution is 5.89. The molecule has 1 amide bonds. The molecule has 3 aromatic rings. The van der Waals surface area contributed by atoms with Gasteiger partial charge in [0.1, 0.15) is 11.6 Å². The van der Waals surface area contributed by atoms with Crippen LogP contribution in [0, 0.1) is 5.82 Å². The van der Waals surface area contributed by atoms with Gasteiger partial charge in [0, 0.05) is 30.5 Å². The van der Waals surface area contributed by atoms with E-state index in [2.05, 4.69) is 15.4 Å². The normalized spacial score (nSPS) is 11.0. The molecule has 3 rings (SSSR count). The van der Waals surface area contributed by atoms with E-state index in [1.807, 2.05) is 13.8 Å². The van der Waals surface area contributed by atoms with E-state index in [1.165, 1.54) is 12.1 Å². The molecular formula is C18H19FN4O2. The van der Waals surface area contributed by atoms with Gasteiger partial charge in [0.25, 0.3) is 0 Å². The Morgan fingerprint density at radius 1 is 1.28 bits per heavy atom. The first-order valence-electron chi connectivity index (χ1n) is 8.07. The zero-order valence-corrected chi connectivity index (χ0v) is 14.1. The van der Waals surface area contributed by atoms with Crippen LogP contribution >= 0.6 is 0 Å². The summed E-state index contributed by atoms with van der Waals surface area (Å²) < 4.78 is 20.3. The first-order chi connectivity index (χ1) is 12.0. The fraction of sp³-hybridized carbons (Fsp3) is 0.278. The topological polar surface area (TPSA) is 73.0 Å². The minimum atomic E-state index is -0.305. The van der Waals surface area contributed by atoms with Crippen LogP contribution < -0.4 is 5.32 Å². The van der Waals surface area contributed by atoms with E-state index in [9.17, 15) is 9.18 Å². The van der Waals surface area contributed by atoms with E-state index in [1.54, 1.807) is 35.3 Å². The van der Waals surface area contributed by atoms with Crippen molar-refractivity contribution in [2.24, 2.45) is 0 Å². The third-order valence-electron chi connectivity index (χ3n) is 3.68. The Kier molecular flexibility index (Phi) is 4.92. The van der Waals surface area contributed by atoms with Gasteiger partial charge in [0.2, 0.25) is 5.91 Å². The lowest BCUT2D eigenvalue weighted by atomic mass is 10.2. The predicted molar refractivity (Wildman–Crippen MR) is 91.5 cm³/mol. The molecule has 6 nitrogen and oxygen atoms in total. The molecule has 0 saturated carbocycles. The Morgan fingerprint density at radius 2 is 2.04 bits per heavy atom. The summed E-state index contributed by atoms with van der Waals surface area (Å²) in [7, 11) is 0. The summed E-state index contributed by atoms with van der Waals surface area (Å²) >= 11 is 0. The lowest BCUT2D eigenvalue weighted by molar-refractivity contribution is -0.116. The van der Waals surface area contributed by atoms with Crippen molar-refractivity contribution < 1.29 is 13.6 Å². The van der Waals surface area contributed by atoms with Crippen molar-refractivity contribution >= 4 is 11.7 Å². The van der Waals surface area contributed by atoms with E-state index in [-0.39, 0.29) is 24.2 Å². The smallest absolute Gasteiger partial charge is 0.226 e. The Bertz CT molecular complexity index is 852. The molecule has 130 valence electrons. The molecular weight excluding hydrogens is 323 g/mol. The number of aryl methyl sites for hydroxylation is 1. The second-order valence-corrected chi connectivity index (χ2v) is 5.93. The number of halogens is 1. The van der Waals surface area contributed by atoms with Crippen LogP contribution in [0.3, 0.4) is 0 Å². The average molecular weight is 342 g/mol. The molecule has 25 heavy (non-hydrogen) atoms. The first kappa shape index (κ1) is 16.9. The van der Waals surface area contributed by atoms with Gasteiger partial charge in [0.15, 0.2) is 11.7 Å². The van der Waals surface area contributed by atoms with E-state index < -0.39 is 0 Å². The Morgan fingerprint density at radius 3 is 2.76 bits per heavy atom. The van der Waals surface area contributed by atoms with Crippen LogP contribution in [0.1, 0.15) is 32.2 Å². The molecule has 1 N–H and O–H groups in total. The van der Waals surface area contributed by atoms with Crippen LogP contribution in [0.4, 0.5) is 10.2 Å². The highest BCUT2D eigenvalue weighted by Gasteiger charge is 2.12. The van der Waals surface area contributed by atoms with Gasteiger partial charge in [-0.05, 0) is 38.1 Å². The molecule has 2 aromatic heterocycles. The summed E-state index contributed by atoms with van der Waals surface area (Å²) in [5, 5.41) is 7.01. The standard InChI is InChI=1S/C18H19FN4O2/c1-12(2)23-16(9-10-21-23)22-17(24)7-8-18-20-11-15(25-18)13-3-5-14(19)6-4-13/h3-6,9-12H,7-8H2,1-2H3,(H,22,24). The molecule has 0 aliphatic carbocycles. The lowest BCUT2D eigenvalue weighted by Gasteiger charge is -2.11. The molecule has 0 saturated heterocycles. The van der Waals surface area contributed by atoms with Gasteiger partial charge >= 0.3 is 0 Å². The quantitative estimate of drug-likeness (QED) is 0.739. The average Bonchev–Trinajstić information content (AvgIpc) is 3.23. The van der Waals surface area contributed by atoms with Gasteiger partial charge in [-0.1, -0.05) is 0 Å². The molecule has 1 aromatic carbocycles. The van der Waals surface area contributed by atoms with Crippen LogP contribution in [0.5, 0.6) is 0 Å². The number of oxazole rings is 1. The second-order valence-electron chi connectivity index (χ2n) is 5.93. The van der Waals surface area contributed by atoms with Crippen molar-refractivity contribution in [1.29, 1.82) is 0 Å². The molecule has 0 spiro atoms. The third kappa shape index (κ3) is 4.12. The van der Waals surface area contributed by atoms with Gasteiger partial charge < -0.3 is 9.73 Å². The van der Waals surface area contributed by atoms with Crippen molar-refractivity contribution in [2.75, 3.05) is 5.32 Å². The van der Waals surface area contributed by atoms with Gasteiger partial charge in [-0.2, -0.15) is 5.10 Å². The highest BCUT2D eigenvalue weighted by atomic mass is 19.1. The Hall–Kier alpha value is -2.96. The van der Waals surface area contributed by atoms with E-state index in [4.69, 9.17) is 4.42 Å². The lowest BCUT2D eigenvalue weighted by Crippen LogP contribution is -2.17. The molecule has 0 bridgehead atoms. The molecule has 0 aliphatic heterocycles. The molecule has 0 radical (unpaired) electrons. The van der Waals surface area contributed by atoms with Crippen molar-refractivity contribution in [3.8, 4) is 11.3 Å². The van der Waals surface area contributed by atoms with Crippen molar-refractivity contribution in [1.82, 2.24) is 14.8 Å². The van der Waals surface area contributed by atoms with Crippen molar-refractivity contribution in [2.45, 2.75) is 32.7 Å². The van der Waals surface area contributed by atoms with Crippen LogP contribution in [0.15, 0.2) is 47.1 Å². The summed E-state index contributed by atoms with van der Waals surface area (Å²) in [6.45, 7) is 3.98. The van der Waals surface area contributed by atoms with E-state index in [0.29, 0.717) is 23.9 Å². The number of benzene rings is 1. The third-order valence-corrected chi connectivity index (χ3v) is 3.68. The first-order valence-corrected chi connectivity index (χ1v) is 8.07. The highest BCUT2D eigenvalue weighted by Crippen LogP contribution is 2.21. The predicted octanol–water partition coefficient (Wildman–Crippen LogP) is 3.83. The number of aromatic nitrogens is 3. The number of anilines is 1. The maximum Gasteiger partial charge on any atom is 0.226 e. The second kappa shape index (κ2) is 7.29. The van der Waals surface area contributed by atoms with Crippen LogP contribution in [-0.2, 0) is 11.2 Å².